The van der Waals surface area contributed by atoms with E-state index in [0.717, 1.165) is 32.1 Å². The van der Waals surface area contributed by atoms with Crippen LogP contribution in [-0.2, 0) is 48.2 Å². The largest absolute Gasteiger partial charge is 0.459 e. The van der Waals surface area contributed by atoms with Gasteiger partial charge in [-0.1, -0.05) is 6.42 Å². The molecule has 7 unspecified atom stereocenters. The predicted octanol–water partition coefficient (Wildman–Crippen LogP) is 2.16. The molecule has 208 valence electrons. The van der Waals surface area contributed by atoms with Gasteiger partial charge in [0.1, 0.15) is 17.8 Å². The Hall–Kier alpha value is -2.35. The van der Waals surface area contributed by atoms with Gasteiger partial charge in [-0.2, -0.15) is 17.2 Å². The summed E-state index contributed by atoms with van der Waals surface area (Å²) in [5.41, 5.74) is -0.616. The summed E-state index contributed by atoms with van der Waals surface area (Å²) in [6, 6.07) is 0. The van der Waals surface area contributed by atoms with Crippen molar-refractivity contribution in [2.45, 2.75) is 94.4 Å². The Bertz CT molecular complexity index is 1070. The zero-order chi connectivity index (χ0) is 27.3. The van der Waals surface area contributed by atoms with Crippen molar-refractivity contribution in [3.8, 4) is 0 Å². The summed E-state index contributed by atoms with van der Waals surface area (Å²) < 4.78 is 78.3. The normalized spacial score (nSPS) is 32.9. The molecule has 7 atom stereocenters. The fourth-order valence-electron chi connectivity index (χ4n) is 6.13. The van der Waals surface area contributed by atoms with Crippen molar-refractivity contribution in [3.63, 3.8) is 0 Å². The maximum Gasteiger partial charge on any atom is 0.405 e. The molecule has 1 N–H and O–H groups in total. The Morgan fingerprint density at radius 2 is 1.76 bits per heavy atom. The molecule has 14 heteroatoms. The molecule has 4 aliphatic rings. The molecule has 1 aliphatic heterocycles. The van der Waals surface area contributed by atoms with Crippen LogP contribution in [0.5, 0.6) is 0 Å². The second kappa shape index (κ2) is 9.75. The molecule has 1 saturated heterocycles. The predicted molar refractivity (Wildman–Crippen MR) is 117 cm³/mol. The number of hydrogen-bond donors (Lipinski definition) is 1. The van der Waals surface area contributed by atoms with Gasteiger partial charge in [-0.3, -0.25) is 23.7 Å². The van der Waals surface area contributed by atoms with Gasteiger partial charge in [-0.05, 0) is 46.0 Å². The minimum Gasteiger partial charge on any atom is -0.459 e. The number of hydrogen-bond acceptors (Lipinski definition) is 10. The van der Waals surface area contributed by atoms with E-state index >= 15 is 0 Å². The van der Waals surface area contributed by atoms with Gasteiger partial charge in [0.15, 0.2) is 6.10 Å². The van der Waals surface area contributed by atoms with Crippen LogP contribution in [0.2, 0.25) is 0 Å². The average molecular weight is 553 g/mol. The van der Waals surface area contributed by atoms with Gasteiger partial charge in [-0.15, -0.1) is 0 Å². The number of ether oxygens (including phenoxy) is 4. The summed E-state index contributed by atoms with van der Waals surface area (Å²) in [6.45, 7) is 2.45. The van der Waals surface area contributed by atoms with Gasteiger partial charge >= 0.3 is 39.2 Å². The first kappa shape index (κ1) is 27.7. The van der Waals surface area contributed by atoms with Crippen LogP contribution in [0, 0.1) is 23.7 Å². The number of esters is 4. The number of alkyl halides is 2. The summed E-state index contributed by atoms with van der Waals surface area (Å²) in [5, 5.41) is -4.73. The SMILES string of the molecule is CC(OC(=O)CCC(=O)OC1C2CC3C1OC(=O)C3C2C(=O)OC1(C)CCCCC1)C(F)(F)S(=O)(=O)O. The van der Waals surface area contributed by atoms with Crippen LogP contribution in [0.3, 0.4) is 0 Å². The van der Waals surface area contributed by atoms with Crippen molar-refractivity contribution in [1.29, 1.82) is 0 Å². The smallest absolute Gasteiger partial charge is 0.405 e. The Kier molecular flexibility index (Phi) is 7.30. The lowest BCUT2D eigenvalue weighted by atomic mass is 9.78. The van der Waals surface area contributed by atoms with Crippen molar-refractivity contribution in [1.82, 2.24) is 0 Å². The molecule has 0 spiro atoms. The second-order valence-electron chi connectivity index (χ2n) is 10.6. The third-order valence-electron chi connectivity index (χ3n) is 8.00. The van der Waals surface area contributed by atoms with Gasteiger partial charge in [-0.25, -0.2) is 0 Å². The third kappa shape index (κ3) is 5.18. The van der Waals surface area contributed by atoms with Crippen LogP contribution in [0.1, 0.15) is 65.2 Å². The van der Waals surface area contributed by atoms with E-state index in [1.54, 1.807) is 0 Å². The Morgan fingerprint density at radius 3 is 2.38 bits per heavy atom. The molecule has 0 aromatic carbocycles. The second-order valence-corrected chi connectivity index (χ2v) is 12.1. The van der Waals surface area contributed by atoms with E-state index < -0.39 is 93.8 Å². The number of halogens is 2. The minimum atomic E-state index is -5.82. The molecule has 3 aliphatic carbocycles. The van der Waals surface area contributed by atoms with Crippen LogP contribution < -0.4 is 0 Å². The van der Waals surface area contributed by atoms with E-state index in [4.69, 9.17) is 18.8 Å². The molecule has 0 aromatic heterocycles. The van der Waals surface area contributed by atoms with Crippen molar-refractivity contribution < 1.29 is 59.9 Å². The average Bonchev–Trinajstić information content (AvgIpc) is 3.41. The van der Waals surface area contributed by atoms with Gasteiger partial charge in [0.2, 0.25) is 0 Å². The molecule has 1 heterocycles. The molecule has 0 amide bonds. The lowest BCUT2D eigenvalue weighted by Crippen LogP contribution is -2.46. The molecular formula is C23H30F2O11S. The molecule has 11 nitrogen and oxygen atoms in total. The summed E-state index contributed by atoms with van der Waals surface area (Å²) in [7, 11) is -5.82. The van der Waals surface area contributed by atoms with Crippen molar-refractivity contribution in [2.24, 2.45) is 23.7 Å². The van der Waals surface area contributed by atoms with Gasteiger partial charge in [0, 0.05) is 11.8 Å². The highest BCUT2D eigenvalue weighted by atomic mass is 32.2. The van der Waals surface area contributed by atoms with Crippen molar-refractivity contribution in [3.05, 3.63) is 0 Å². The molecule has 37 heavy (non-hydrogen) atoms. The lowest BCUT2D eigenvalue weighted by molar-refractivity contribution is -0.176. The molecule has 3 saturated carbocycles. The highest BCUT2D eigenvalue weighted by molar-refractivity contribution is 7.86. The van der Waals surface area contributed by atoms with Crippen LogP contribution in [0.15, 0.2) is 0 Å². The topological polar surface area (TPSA) is 160 Å². The fraction of sp³-hybridized carbons (Fsp3) is 0.826. The first-order valence-electron chi connectivity index (χ1n) is 12.3. The monoisotopic (exact) mass is 552 g/mol. The first-order valence-corrected chi connectivity index (χ1v) is 13.8. The zero-order valence-corrected chi connectivity index (χ0v) is 21.2. The number of carbonyl (C=O) groups excluding carboxylic acids is 4. The summed E-state index contributed by atoms with van der Waals surface area (Å²) in [4.78, 5) is 50.0. The molecule has 0 aromatic rings. The Morgan fingerprint density at radius 1 is 1.14 bits per heavy atom. The van der Waals surface area contributed by atoms with Crippen LogP contribution in [-0.4, -0.2) is 66.0 Å². The summed E-state index contributed by atoms with van der Waals surface area (Å²) >= 11 is 0. The standard InChI is InChI=1S/C23H30F2O11S/c1-11(23(24,25)37(30,31)32)33-14(26)6-7-15(27)34-18-13-10-12-16(20(28)35-19(12)18)17(13)21(29)36-22(2)8-4-3-5-9-22/h11-13,16-19H,3-10H2,1-2H3,(H,30,31,32). The van der Waals surface area contributed by atoms with Gasteiger partial charge in [0.05, 0.1) is 24.7 Å². The lowest BCUT2D eigenvalue weighted by Gasteiger charge is -2.36. The molecule has 2 bridgehead atoms. The third-order valence-corrected chi connectivity index (χ3v) is 9.02. The Balaban J connectivity index is 1.35. The quantitative estimate of drug-likeness (QED) is 0.254. The minimum absolute atomic E-state index is 0.305. The molecular weight excluding hydrogens is 522 g/mol. The highest BCUT2D eigenvalue weighted by Gasteiger charge is 2.70. The number of fused-ring (bicyclic) bond motifs is 1. The molecule has 4 fully saturated rings. The van der Waals surface area contributed by atoms with E-state index in [2.05, 4.69) is 4.74 Å². The van der Waals surface area contributed by atoms with E-state index in [9.17, 15) is 36.4 Å². The van der Waals surface area contributed by atoms with Crippen LogP contribution in [0.4, 0.5) is 8.78 Å². The molecule has 4 rings (SSSR count). The van der Waals surface area contributed by atoms with Crippen molar-refractivity contribution in [2.75, 3.05) is 0 Å². The Labute approximate surface area is 212 Å². The van der Waals surface area contributed by atoms with E-state index in [1.807, 2.05) is 6.92 Å². The maximum atomic E-state index is 13.5. The zero-order valence-electron chi connectivity index (χ0n) is 20.4. The van der Waals surface area contributed by atoms with E-state index in [0.29, 0.717) is 13.3 Å². The fourth-order valence-corrected chi connectivity index (χ4v) is 6.60. The summed E-state index contributed by atoms with van der Waals surface area (Å²) in [5.74, 6) is -5.56. The number of rotatable bonds is 9. The van der Waals surface area contributed by atoms with E-state index in [1.165, 1.54) is 0 Å². The van der Waals surface area contributed by atoms with Crippen LogP contribution in [0.25, 0.3) is 0 Å². The van der Waals surface area contributed by atoms with Crippen molar-refractivity contribution >= 4 is 34.0 Å². The van der Waals surface area contributed by atoms with E-state index in [-0.39, 0.29) is 5.92 Å². The van der Waals surface area contributed by atoms with Crippen LogP contribution >= 0.6 is 0 Å². The highest BCUT2D eigenvalue weighted by Crippen LogP contribution is 2.59. The first-order chi connectivity index (χ1) is 17.1. The van der Waals surface area contributed by atoms with Gasteiger partial charge in [0.25, 0.3) is 0 Å². The number of carbonyl (C=O) groups is 4. The summed E-state index contributed by atoms with van der Waals surface area (Å²) in [6.07, 6.45) is -0.629. The maximum absolute atomic E-state index is 13.5. The molecule has 0 radical (unpaired) electrons. The van der Waals surface area contributed by atoms with Gasteiger partial charge < -0.3 is 18.9 Å².